The van der Waals surface area contributed by atoms with Gasteiger partial charge in [0.25, 0.3) is 0 Å². The quantitative estimate of drug-likeness (QED) is 0.152. The van der Waals surface area contributed by atoms with Crippen molar-refractivity contribution in [2.45, 2.75) is 0 Å². The molecule has 67 heavy (non-hydrogen) atoms. The van der Waals surface area contributed by atoms with E-state index in [0.717, 1.165) is 66.9 Å². The summed E-state index contributed by atoms with van der Waals surface area (Å²) in [5, 5.41) is 7.26. The van der Waals surface area contributed by atoms with Crippen molar-refractivity contribution in [2.75, 3.05) is 4.90 Å². The Morgan fingerprint density at radius 1 is 0.299 bits per heavy atom. The maximum absolute atomic E-state index is 6.45. The Hall–Kier alpha value is -8.92. The van der Waals surface area contributed by atoms with Crippen LogP contribution in [0.25, 0.3) is 105 Å². The van der Waals surface area contributed by atoms with E-state index in [4.69, 9.17) is 4.42 Å². The molecule has 0 aliphatic heterocycles. The topological polar surface area (TPSA) is 21.3 Å². The van der Waals surface area contributed by atoms with Gasteiger partial charge in [-0.25, -0.2) is 0 Å². The zero-order valence-electron chi connectivity index (χ0n) is 36.6. The van der Waals surface area contributed by atoms with Gasteiger partial charge in [0.2, 0.25) is 0 Å². The van der Waals surface area contributed by atoms with E-state index in [0.29, 0.717) is 0 Å². The molecular weight excluding hydrogens is 813 g/mol. The SMILES string of the molecule is c1cc(-c2ccc(N(c3ccc(-c4ccc5ccccc5c4)cc3)c3ccc(-c4cccc5c4oc4ccccc45)cc3)cc2)cc(-c2ccccc2-n2c3ccccc3c3ccccc32)c1. The van der Waals surface area contributed by atoms with Crippen molar-refractivity contribution >= 4 is 71.6 Å². The molecule has 0 saturated carbocycles. The number of rotatable bonds is 8. The third-order valence-corrected chi connectivity index (χ3v) is 13.4. The highest BCUT2D eigenvalue weighted by atomic mass is 16.3. The smallest absolute Gasteiger partial charge is 0.143 e. The molecule has 0 spiro atoms. The first-order chi connectivity index (χ1) is 33.2. The molecule has 0 fully saturated rings. The molecule has 0 aliphatic rings. The molecular formula is C64H42N2O. The van der Waals surface area contributed by atoms with Gasteiger partial charge >= 0.3 is 0 Å². The lowest BCUT2D eigenvalue weighted by Gasteiger charge is -2.26. The lowest BCUT2D eigenvalue weighted by molar-refractivity contribution is 0.670. The summed E-state index contributed by atoms with van der Waals surface area (Å²) in [6.07, 6.45) is 0. The van der Waals surface area contributed by atoms with Crippen LogP contribution in [0.15, 0.2) is 259 Å². The maximum atomic E-state index is 6.45. The van der Waals surface area contributed by atoms with Gasteiger partial charge in [-0.2, -0.15) is 0 Å². The molecule has 2 aromatic heterocycles. The number of hydrogen-bond donors (Lipinski definition) is 0. The molecule has 0 amide bonds. The Labute approximate surface area is 388 Å². The van der Waals surface area contributed by atoms with E-state index in [9.17, 15) is 0 Å². The number of hydrogen-bond acceptors (Lipinski definition) is 2. The second kappa shape index (κ2) is 16.0. The fraction of sp³-hybridized carbons (Fsp3) is 0. The van der Waals surface area contributed by atoms with Gasteiger partial charge in [0, 0.05) is 49.7 Å². The van der Waals surface area contributed by atoms with Crippen LogP contribution in [0, 0.1) is 0 Å². The first-order valence-corrected chi connectivity index (χ1v) is 22.9. The third kappa shape index (κ3) is 6.67. The van der Waals surface area contributed by atoms with Crippen molar-refractivity contribution in [3.63, 3.8) is 0 Å². The summed E-state index contributed by atoms with van der Waals surface area (Å²) in [4.78, 5) is 2.35. The number of para-hydroxylation sites is 5. The second-order valence-corrected chi connectivity index (χ2v) is 17.3. The Kier molecular flexibility index (Phi) is 9.17. The molecule has 3 nitrogen and oxygen atoms in total. The first-order valence-electron chi connectivity index (χ1n) is 22.9. The van der Waals surface area contributed by atoms with Crippen LogP contribution in [0.3, 0.4) is 0 Å². The number of fused-ring (bicyclic) bond motifs is 7. The van der Waals surface area contributed by atoms with Crippen LogP contribution in [0.4, 0.5) is 17.1 Å². The van der Waals surface area contributed by atoms with Crippen LogP contribution >= 0.6 is 0 Å². The lowest BCUT2D eigenvalue weighted by atomic mass is 9.97. The van der Waals surface area contributed by atoms with Gasteiger partial charge in [-0.3, -0.25) is 0 Å². The van der Waals surface area contributed by atoms with Crippen LogP contribution < -0.4 is 4.90 Å². The van der Waals surface area contributed by atoms with Crippen LogP contribution in [0.1, 0.15) is 0 Å². The highest BCUT2D eigenvalue weighted by molar-refractivity contribution is 6.11. The zero-order valence-corrected chi connectivity index (χ0v) is 36.6. The molecule has 0 aliphatic carbocycles. The fourth-order valence-corrected chi connectivity index (χ4v) is 10.1. The van der Waals surface area contributed by atoms with E-state index >= 15 is 0 Å². The predicted octanol–water partition coefficient (Wildman–Crippen LogP) is 18.0. The molecule has 0 radical (unpaired) electrons. The number of furan rings is 1. The number of nitrogens with zero attached hydrogens (tertiary/aromatic N) is 2. The Morgan fingerprint density at radius 2 is 0.791 bits per heavy atom. The van der Waals surface area contributed by atoms with Crippen LogP contribution in [-0.2, 0) is 0 Å². The number of anilines is 3. The molecule has 0 saturated heterocycles. The molecule has 0 unspecified atom stereocenters. The monoisotopic (exact) mass is 854 g/mol. The van der Waals surface area contributed by atoms with Crippen molar-refractivity contribution in [1.29, 1.82) is 0 Å². The second-order valence-electron chi connectivity index (χ2n) is 17.3. The highest BCUT2D eigenvalue weighted by Gasteiger charge is 2.18. The minimum Gasteiger partial charge on any atom is -0.455 e. The molecule has 0 bridgehead atoms. The van der Waals surface area contributed by atoms with Crippen LogP contribution in [0.2, 0.25) is 0 Å². The van der Waals surface area contributed by atoms with E-state index in [1.807, 2.05) is 12.1 Å². The molecule has 13 rings (SSSR count). The summed E-state index contributed by atoms with van der Waals surface area (Å²) in [5.41, 5.74) is 17.8. The fourth-order valence-electron chi connectivity index (χ4n) is 10.1. The lowest BCUT2D eigenvalue weighted by Crippen LogP contribution is -2.09. The van der Waals surface area contributed by atoms with Gasteiger partial charge < -0.3 is 13.9 Å². The summed E-state index contributed by atoms with van der Waals surface area (Å²) in [5.74, 6) is 0. The predicted molar refractivity (Wildman–Crippen MR) is 282 cm³/mol. The molecule has 11 aromatic carbocycles. The average molecular weight is 855 g/mol. The summed E-state index contributed by atoms with van der Waals surface area (Å²) in [6, 6.07) is 91.9. The average Bonchev–Trinajstić information content (AvgIpc) is 3.95. The van der Waals surface area contributed by atoms with Crippen molar-refractivity contribution in [1.82, 2.24) is 4.57 Å². The zero-order chi connectivity index (χ0) is 44.3. The van der Waals surface area contributed by atoms with Crippen molar-refractivity contribution < 1.29 is 4.42 Å². The normalized spacial score (nSPS) is 11.6. The Balaban J connectivity index is 0.872. The van der Waals surface area contributed by atoms with Crippen molar-refractivity contribution in [3.05, 3.63) is 255 Å². The minimum atomic E-state index is 0.902. The van der Waals surface area contributed by atoms with Crippen LogP contribution in [-0.4, -0.2) is 4.57 Å². The third-order valence-electron chi connectivity index (χ3n) is 13.4. The highest BCUT2D eigenvalue weighted by Crippen LogP contribution is 2.42. The van der Waals surface area contributed by atoms with Gasteiger partial charge in [0.1, 0.15) is 11.2 Å². The van der Waals surface area contributed by atoms with Crippen molar-refractivity contribution in [2.24, 2.45) is 0 Å². The van der Waals surface area contributed by atoms with E-state index in [-0.39, 0.29) is 0 Å². The van der Waals surface area contributed by atoms with Gasteiger partial charge in [-0.05, 0) is 117 Å². The largest absolute Gasteiger partial charge is 0.455 e. The minimum absolute atomic E-state index is 0.902. The molecule has 13 aromatic rings. The van der Waals surface area contributed by atoms with E-state index < -0.39 is 0 Å². The molecule has 2 heterocycles. The van der Waals surface area contributed by atoms with Gasteiger partial charge in [-0.1, -0.05) is 182 Å². The summed E-state index contributed by atoms with van der Waals surface area (Å²) >= 11 is 0. The van der Waals surface area contributed by atoms with Crippen LogP contribution in [0.5, 0.6) is 0 Å². The summed E-state index contributed by atoms with van der Waals surface area (Å²) in [7, 11) is 0. The molecule has 314 valence electrons. The van der Waals surface area contributed by atoms with E-state index in [1.165, 1.54) is 54.8 Å². The molecule has 0 N–H and O–H groups in total. The first kappa shape index (κ1) is 38.5. The molecule has 0 atom stereocenters. The molecule has 3 heteroatoms. The standard InChI is InChI=1S/C64H42N2O/c1-2-14-47-41-49(28-27-43(47)13-1)45-31-37-52(38-32-45)65(53-39-33-46(34-40-53)55-21-12-22-59-58-20-6-10-26-63(58)67-64(55)59)51-35-29-44(30-36-51)48-15-11-16-50(42-48)54-17-3-7-23-60(54)66-61-24-8-4-18-56(61)57-19-5-9-25-62(57)66/h1-42H. The number of benzene rings is 11. The van der Waals surface area contributed by atoms with Gasteiger partial charge in [-0.15, -0.1) is 0 Å². The Morgan fingerprint density at radius 3 is 1.49 bits per heavy atom. The number of aromatic nitrogens is 1. The Bertz CT molecular complexity index is 3920. The van der Waals surface area contributed by atoms with Crippen molar-refractivity contribution in [3.8, 4) is 50.2 Å². The summed E-state index contributed by atoms with van der Waals surface area (Å²) in [6.45, 7) is 0. The van der Waals surface area contributed by atoms with E-state index in [2.05, 4.69) is 252 Å². The van der Waals surface area contributed by atoms with Gasteiger partial charge in [0.15, 0.2) is 0 Å². The van der Waals surface area contributed by atoms with Gasteiger partial charge in [0.05, 0.1) is 16.7 Å². The maximum Gasteiger partial charge on any atom is 0.143 e. The van der Waals surface area contributed by atoms with E-state index in [1.54, 1.807) is 0 Å². The summed E-state index contributed by atoms with van der Waals surface area (Å²) < 4.78 is 8.86.